The number of hydrogen-bond donors (Lipinski definition) is 2. The predicted octanol–water partition coefficient (Wildman–Crippen LogP) is 2.33. The molecule has 1 aliphatic rings. The molecule has 0 aliphatic carbocycles. The number of aliphatic hydroxyl groups is 1. The number of furan rings is 1. The highest BCUT2D eigenvalue weighted by molar-refractivity contribution is 5.02. The Morgan fingerprint density at radius 1 is 1.50 bits per heavy atom. The fourth-order valence-corrected chi connectivity index (χ4v) is 2.49. The average molecular weight is 278 g/mol. The van der Waals surface area contributed by atoms with Crippen molar-refractivity contribution in [3.63, 3.8) is 0 Å². The summed E-state index contributed by atoms with van der Waals surface area (Å²) in [6.45, 7) is 8.15. The Bertz CT molecular complexity index is 402. The summed E-state index contributed by atoms with van der Waals surface area (Å²) in [7, 11) is 0. The fraction of sp³-hybridized carbons (Fsp3) is 0.625. The highest BCUT2D eigenvalue weighted by Gasteiger charge is 2.19. The molecule has 1 aromatic heterocycles. The quantitative estimate of drug-likeness (QED) is 0.784. The van der Waals surface area contributed by atoms with E-state index in [-0.39, 0.29) is 0 Å². The second-order valence-electron chi connectivity index (χ2n) is 5.80. The maximum Gasteiger partial charge on any atom is 0.133 e. The van der Waals surface area contributed by atoms with Gasteiger partial charge in [0.1, 0.15) is 11.9 Å². The Labute approximate surface area is 121 Å². The highest BCUT2D eigenvalue weighted by atomic mass is 16.4. The Hall–Kier alpha value is -1.10. The summed E-state index contributed by atoms with van der Waals surface area (Å²) in [6.07, 6.45) is 5.62. The smallest absolute Gasteiger partial charge is 0.133 e. The molecule has 0 aromatic carbocycles. The van der Waals surface area contributed by atoms with E-state index >= 15 is 0 Å². The molecule has 20 heavy (non-hydrogen) atoms. The van der Waals surface area contributed by atoms with Gasteiger partial charge in [-0.05, 0) is 51.9 Å². The number of aliphatic hydroxyl groups excluding tert-OH is 1. The molecule has 1 saturated heterocycles. The number of piperidine rings is 1. The zero-order valence-electron chi connectivity index (χ0n) is 12.5. The molecule has 2 rings (SSSR count). The molecule has 4 heteroatoms. The molecule has 112 valence electrons. The molecule has 2 heterocycles. The molecular weight excluding hydrogens is 252 g/mol. The van der Waals surface area contributed by atoms with Gasteiger partial charge in [0.05, 0.1) is 6.26 Å². The highest BCUT2D eigenvalue weighted by Crippen LogP contribution is 2.14. The first-order valence-electron chi connectivity index (χ1n) is 7.45. The summed E-state index contributed by atoms with van der Waals surface area (Å²) >= 11 is 0. The van der Waals surface area contributed by atoms with Crippen LogP contribution in [0.25, 0.3) is 0 Å². The van der Waals surface area contributed by atoms with Crippen LogP contribution < -0.4 is 5.32 Å². The van der Waals surface area contributed by atoms with E-state index in [0.29, 0.717) is 18.3 Å². The first-order chi connectivity index (χ1) is 9.65. The van der Waals surface area contributed by atoms with Crippen molar-refractivity contribution in [3.05, 3.63) is 35.8 Å². The summed E-state index contributed by atoms with van der Waals surface area (Å²) < 4.78 is 5.20. The van der Waals surface area contributed by atoms with Gasteiger partial charge in [0, 0.05) is 19.1 Å². The lowest BCUT2D eigenvalue weighted by Crippen LogP contribution is -2.43. The van der Waals surface area contributed by atoms with Gasteiger partial charge in [-0.2, -0.15) is 0 Å². The van der Waals surface area contributed by atoms with Crippen LogP contribution in [0.2, 0.25) is 0 Å². The van der Waals surface area contributed by atoms with Crippen LogP contribution >= 0.6 is 0 Å². The first-order valence-corrected chi connectivity index (χ1v) is 7.45. The molecule has 2 N–H and O–H groups in total. The van der Waals surface area contributed by atoms with Gasteiger partial charge in [0.15, 0.2) is 0 Å². The molecule has 0 radical (unpaired) electrons. The summed E-state index contributed by atoms with van der Waals surface area (Å²) in [4.78, 5) is 2.48. The maximum atomic E-state index is 9.96. The average Bonchev–Trinajstić information content (AvgIpc) is 2.98. The minimum atomic E-state index is -0.547. The van der Waals surface area contributed by atoms with Crippen molar-refractivity contribution in [1.29, 1.82) is 0 Å². The Morgan fingerprint density at radius 2 is 2.25 bits per heavy atom. The maximum absolute atomic E-state index is 9.96. The topological polar surface area (TPSA) is 48.6 Å². The van der Waals surface area contributed by atoms with Gasteiger partial charge in [0.25, 0.3) is 0 Å². The lowest BCUT2D eigenvalue weighted by atomic mass is 10.0. The van der Waals surface area contributed by atoms with Crippen molar-refractivity contribution >= 4 is 0 Å². The lowest BCUT2D eigenvalue weighted by Gasteiger charge is -2.32. The third kappa shape index (κ3) is 4.78. The van der Waals surface area contributed by atoms with Crippen LogP contribution in [0, 0.1) is 0 Å². The van der Waals surface area contributed by atoms with Crippen molar-refractivity contribution in [1.82, 2.24) is 10.2 Å². The van der Waals surface area contributed by atoms with E-state index in [0.717, 1.165) is 32.5 Å². The molecule has 1 fully saturated rings. The minimum Gasteiger partial charge on any atom is -0.467 e. The van der Waals surface area contributed by atoms with E-state index in [4.69, 9.17) is 4.42 Å². The van der Waals surface area contributed by atoms with Crippen molar-refractivity contribution in [3.8, 4) is 0 Å². The van der Waals surface area contributed by atoms with Crippen molar-refractivity contribution in [2.24, 2.45) is 0 Å². The SMILES string of the molecule is CC(C)=CCN1CCC(NCC(O)c2ccco2)CC1. The molecule has 0 spiro atoms. The Morgan fingerprint density at radius 3 is 2.85 bits per heavy atom. The van der Waals surface area contributed by atoms with Crippen molar-refractivity contribution in [2.45, 2.75) is 38.8 Å². The second kappa shape index (κ2) is 7.62. The first kappa shape index (κ1) is 15.3. The summed E-state index contributed by atoms with van der Waals surface area (Å²) in [5, 5.41) is 13.4. The summed E-state index contributed by atoms with van der Waals surface area (Å²) in [5.74, 6) is 0.637. The molecule has 0 amide bonds. The van der Waals surface area contributed by atoms with Gasteiger partial charge >= 0.3 is 0 Å². The van der Waals surface area contributed by atoms with Crippen molar-refractivity contribution in [2.75, 3.05) is 26.2 Å². The second-order valence-corrected chi connectivity index (χ2v) is 5.80. The summed E-state index contributed by atoms with van der Waals surface area (Å²) in [5.41, 5.74) is 1.38. The van der Waals surface area contributed by atoms with E-state index in [1.54, 1.807) is 12.3 Å². The van der Waals surface area contributed by atoms with Gasteiger partial charge in [0.2, 0.25) is 0 Å². The monoisotopic (exact) mass is 278 g/mol. The Balaban J connectivity index is 1.66. The van der Waals surface area contributed by atoms with Crippen LogP contribution in [-0.4, -0.2) is 42.2 Å². The van der Waals surface area contributed by atoms with Crippen LogP contribution in [0.5, 0.6) is 0 Å². The molecule has 0 bridgehead atoms. The van der Waals surface area contributed by atoms with Gasteiger partial charge < -0.3 is 14.8 Å². The predicted molar refractivity (Wildman–Crippen MR) is 80.6 cm³/mol. The van der Waals surface area contributed by atoms with Crippen LogP contribution in [0.3, 0.4) is 0 Å². The number of nitrogens with one attached hydrogen (secondary N) is 1. The van der Waals surface area contributed by atoms with Crippen LogP contribution in [0.4, 0.5) is 0 Å². The van der Waals surface area contributed by atoms with Gasteiger partial charge in [-0.3, -0.25) is 4.90 Å². The third-order valence-corrected chi connectivity index (χ3v) is 3.82. The largest absolute Gasteiger partial charge is 0.467 e. The van der Waals surface area contributed by atoms with E-state index in [9.17, 15) is 5.11 Å². The zero-order valence-corrected chi connectivity index (χ0v) is 12.5. The van der Waals surface area contributed by atoms with E-state index in [1.807, 2.05) is 6.07 Å². The molecule has 1 aliphatic heterocycles. The third-order valence-electron chi connectivity index (χ3n) is 3.82. The molecular formula is C16H26N2O2. The normalized spacial score (nSPS) is 18.9. The van der Waals surface area contributed by atoms with Crippen LogP contribution in [0.1, 0.15) is 38.6 Å². The zero-order chi connectivity index (χ0) is 14.4. The number of hydrogen-bond acceptors (Lipinski definition) is 4. The van der Waals surface area contributed by atoms with Gasteiger partial charge in [-0.15, -0.1) is 0 Å². The van der Waals surface area contributed by atoms with Gasteiger partial charge in [-0.1, -0.05) is 11.6 Å². The van der Waals surface area contributed by atoms with E-state index in [1.165, 1.54) is 5.57 Å². The minimum absolute atomic E-state index is 0.502. The molecule has 1 unspecified atom stereocenters. The molecule has 0 saturated carbocycles. The molecule has 1 atom stereocenters. The molecule has 4 nitrogen and oxygen atoms in total. The Kier molecular flexibility index (Phi) is 5.83. The molecule has 1 aromatic rings. The van der Waals surface area contributed by atoms with Gasteiger partial charge in [-0.25, -0.2) is 0 Å². The standard InChI is InChI=1S/C16H26N2O2/c1-13(2)5-8-18-9-6-14(7-10-18)17-12-15(19)16-4-3-11-20-16/h3-5,11,14-15,17,19H,6-10,12H2,1-2H3. The van der Waals surface area contributed by atoms with Crippen LogP contribution in [-0.2, 0) is 0 Å². The number of likely N-dealkylation sites (tertiary alicyclic amines) is 1. The number of allylic oxidation sites excluding steroid dienone is 1. The lowest BCUT2D eigenvalue weighted by molar-refractivity contribution is 0.134. The number of rotatable bonds is 6. The number of nitrogens with zero attached hydrogens (tertiary/aromatic N) is 1. The fourth-order valence-electron chi connectivity index (χ4n) is 2.49. The van der Waals surface area contributed by atoms with E-state index in [2.05, 4.69) is 30.1 Å². The summed E-state index contributed by atoms with van der Waals surface area (Å²) in [6, 6.07) is 4.12. The van der Waals surface area contributed by atoms with Crippen molar-refractivity contribution < 1.29 is 9.52 Å². The van der Waals surface area contributed by atoms with Crippen LogP contribution in [0.15, 0.2) is 34.5 Å². The van der Waals surface area contributed by atoms with E-state index < -0.39 is 6.10 Å².